The van der Waals surface area contributed by atoms with Crippen molar-refractivity contribution < 1.29 is 0 Å². The Labute approximate surface area is 33.5 Å². The van der Waals surface area contributed by atoms with Gasteiger partial charge in [0.05, 0.1) is 0 Å². The van der Waals surface area contributed by atoms with Crippen LogP contribution in [0.2, 0.25) is 0 Å². The summed E-state index contributed by atoms with van der Waals surface area (Å²) in [5.74, 6) is 0. The molecule has 0 fully saturated rings. The molecule has 2 radical (unpaired) electrons. The van der Waals surface area contributed by atoms with Crippen LogP contribution in [0.5, 0.6) is 0 Å². The van der Waals surface area contributed by atoms with Crippen molar-refractivity contribution in [2.24, 2.45) is 0 Å². The summed E-state index contributed by atoms with van der Waals surface area (Å²) in [5, 5.41) is 0. The van der Waals surface area contributed by atoms with Crippen molar-refractivity contribution in [3.05, 3.63) is 18.6 Å². The van der Waals surface area contributed by atoms with Gasteiger partial charge in [0.2, 0.25) is 0 Å². The van der Waals surface area contributed by atoms with Gasteiger partial charge in [-0.05, 0) is 20.8 Å². The van der Waals surface area contributed by atoms with Gasteiger partial charge in [-0.15, -0.1) is 0 Å². The van der Waals surface area contributed by atoms with E-state index in [1.807, 2.05) is 19.9 Å². The van der Waals surface area contributed by atoms with E-state index in [1.165, 1.54) is 0 Å². The predicted octanol–water partition coefficient (Wildman–Crippen LogP) is 1.66. The normalized spacial score (nSPS) is 12.2. The Balaban J connectivity index is 3.14. The summed E-state index contributed by atoms with van der Waals surface area (Å²) < 4.78 is 0. The van der Waals surface area contributed by atoms with Gasteiger partial charge in [0.1, 0.15) is 0 Å². The molecule has 0 saturated carbocycles. The smallest absolute Gasteiger partial charge is 0.00631 e. The second kappa shape index (κ2) is 2.01. The van der Waals surface area contributed by atoms with Gasteiger partial charge >= 0.3 is 0 Å². The van der Waals surface area contributed by atoms with Crippen LogP contribution in [0.25, 0.3) is 0 Å². The van der Waals surface area contributed by atoms with E-state index in [0.717, 1.165) is 5.57 Å². The quantitative estimate of drug-likeness (QED) is 0.405. The summed E-state index contributed by atoms with van der Waals surface area (Å²) in [6.45, 7) is 8.93. The third-order valence-electron chi connectivity index (χ3n) is 0.455. The van der Waals surface area contributed by atoms with Gasteiger partial charge in [-0.1, -0.05) is 11.6 Å². The van der Waals surface area contributed by atoms with Crippen molar-refractivity contribution in [2.75, 3.05) is 0 Å². The summed E-state index contributed by atoms with van der Waals surface area (Å²) in [5.41, 5.74) is 0.880. The Kier molecular flexibility index (Phi) is 1.90. The summed E-state index contributed by atoms with van der Waals surface area (Å²) >= 11 is 0. The highest BCUT2D eigenvalue weighted by Crippen LogP contribution is 1.81. The van der Waals surface area contributed by atoms with Gasteiger partial charge in [0, 0.05) is 0 Å². The molecule has 0 aromatic rings. The highest BCUT2D eigenvalue weighted by Gasteiger charge is 1.61. The summed E-state index contributed by atoms with van der Waals surface area (Å²) in [6, 6.07) is 0. The van der Waals surface area contributed by atoms with Gasteiger partial charge in [-0.25, -0.2) is 0 Å². The molecule has 0 rings (SSSR count). The Morgan fingerprint density at radius 2 is 2.00 bits per heavy atom. The van der Waals surface area contributed by atoms with E-state index in [4.69, 9.17) is 6.92 Å². The molecule has 0 aromatic carbocycles. The van der Waals surface area contributed by atoms with Crippen molar-refractivity contribution in [1.82, 2.24) is 0 Å². The van der Waals surface area contributed by atoms with E-state index < -0.39 is 0 Å². The average molecular weight is 68.1 g/mol. The van der Waals surface area contributed by atoms with E-state index >= 15 is 0 Å². The SMILES string of the molecule is [CH]C(C)=CC. The van der Waals surface area contributed by atoms with E-state index in [1.54, 1.807) is 0 Å². The first-order valence-electron chi connectivity index (χ1n) is 1.65. The molecule has 28 valence electrons. The van der Waals surface area contributed by atoms with Crippen LogP contribution >= 0.6 is 0 Å². The zero-order chi connectivity index (χ0) is 4.28. The lowest BCUT2D eigenvalue weighted by molar-refractivity contribution is 1.49. The van der Waals surface area contributed by atoms with Crippen LogP contribution in [0.3, 0.4) is 0 Å². The molecule has 0 aromatic heterocycles. The lowest BCUT2D eigenvalue weighted by Gasteiger charge is -1.73. The zero-order valence-corrected chi connectivity index (χ0v) is 3.65. The molecular weight excluding hydrogens is 60.1 g/mol. The van der Waals surface area contributed by atoms with Crippen molar-refractivity contribution in [3.8, 4) is 0 Å². The number of allylic oxidation sites excluding steroid dienone is 2. The summed E-state index contributed by atoms with van der Waals surface area (Å²) in [4.78, 5) is 0. The fourth-order valence-electron chi connectivity index (χ4n) is 0. The molecule has 0 aliphatic carbocycles. The Bertz CT molecular complexity index is 38.0. The topological polar surface area (TPSA) is 0 Å². The standard InChI is InChI=1S/C5H8/c1-4-5(2)3/h2,4H,1,3H3. The fourth-order valence-corrected chi connectivity index (χ4v) is 0. The van der Waals surface area contributed by atoms with E-state index in [2.05, 4.69) is 0 Å². The lowest BCUT2D eigenvalue weighted by atomic mass is 10.3. The second-order valence-corrected chi connectivity index (χ2v) is 1.03. The van der Waals surface area contributed by atoms with Crippen molar-refractivity contribution in [2.45, 2.75) is 13.8 Å². The maximum atomic E-state index is 5.15. The van der Waals surface area contributed by atoms with Crippen LogP contribution in [0.4, 0.5) is 0 Å². The first kappa shape index (κ1) is 4.74. The lowest BCUT2D eigenvalue weighted by Crippen LogP contribution is -1.53. The maximum Gasteiger partial charge on any atom is -0.00631 e. The minimum absolute atomic E-state index is 0.880. The molecule has 0 unspecified atom stereocenters. The highest BCUT2D eigenvalue weighted by atomic mass is 13.7. The zero-order valence-electron chi connectivity index (χ0n) is 3.65. The predicted molar refractivity (Wildman–Crippen MR) is 23.7 cm³/mol. The molecule has 5 heavy (non-hydrogen) atoms. The van der Waals surface area contributed by atoms with Crippen LogP contribution in [0.1, 0.15) is 13.8 Å². The average Bonchev–Trinajstić information content (AvgIpc) is 1.38. The van der Waals surface area contributed by atoms with Gasteiger partial charge in [0.15, 0.2) is 0 Å². The minimum Gasteiger partial charge on any atom is -0.0884 e. The summed E-state index contributed by atoms with van der Waals surface area (Å²) in [6.07, 6.45) is 1.86. The highest BCUT2D eigenvalue weighted by molar-refractivity contribution is 4.97. The first-order chi connectivity index (χ1) is 2.27. The van der Waals surface area contributed by atoms with E-state index in [0.29, 0.717) is 0 Å². The third kappa shape index (κ3) is 3.74. The Morgan fingerprint density at radius 1 is 1.80 bits per heavy atom. The molecule has 0 N–H and O–H groups in total. The van der Waals surface area contributed by atoms with Crippen LogP contribution in [0, 0.1) is 6.92 Å². The van der Waals surface area contributed by atoms with Gasteiger partial charge in [-0.3, -0.25) is 0 Å². The van der Waals surface area contributed by atoms with Gasteiger partial charge in [-0.2, -0.15) is 0 Å². The molecular formula is C5H8. The Hall–Kier alpha value is -0.260. The molecule has 0 atom stereocenters. The van der Waals surface area contributed by atoms with Crippen LogP contribution in [0.15, 0.2) is 11.6 Å². The molecule has 0 amide bonds. The van der Waals surface area contributed by atoms with Gasteiger partial charge in [0.25, 0.3) is 0 Å². The molecule has 0 aliphatic heterocycles. The van der Waals surface area contributed by atoms with Crippen molar-refractivity contribution >= 4 is 0 Å². The van der Waals surface area contributed by atoms with Crippen molar-refractivity contribution in [1.29, 1.82) is 0 Å². The van der Waals surface area contributed by atoms with Gasteiger partial charge < -0.3 is 0 Å². The number of hydrogen-bond acceptors (Lipinski definition) is 0. The van der Waals surface area contributed by atoms with E-state index in [-0.39, 0.29) is 0 Å². The molecule has 0 saturated heterocycles. The molecule has 0 heterocycles. The second-order valence-electron chi connectivity index (χ2n) is 1.03. The maximum absolute atomic E-state index is 5.15. The third-order valence-corrected chi connectivity index (χ3v) is 0.455. The monoisotopic (exact) mass is 68.1 g/mol. The Morgan fingerprint density at radius 3 is 2.00 bits per heavy atom. The van der Waals surface area contributed by atoms with Crippen LogP contribution in [-0.4, -0.2) is 0 Å². The minimum atomic E-state index is 0.880. The molecule has 0 aliphatic rings. The first-order valence-corrected chi connectivity index (χ1v) is 1.65. The van der Waals surface area contributed by atoms with Crippen LogP contribution < -0.4 is 0 Å². The fraction of sp³-hybridized carbons (Fsp3) is 0.400. The molecule has 0 nitrogen and oxygen atoms in total. The van der Waals surface area contributed by atoms with Crippen molar-refractivity contribution in [3.63, 3.8) is 0 Å². The molecule has 0 spiro atoms. The van der Waals surface area contributed by atoms with E-state index in [9.17, 15) is 0 Å². The molecule has 0 bridgehead atoms. The summed E-state index contributed by atoms with van der Waals surface area (Å²) in [7, 11) is 0. The number of hydrogen-bond donors (Lipinski definition) is 0. The van der Waals surface area contributed by atoms with Crippen LogP contribution in [-0.2, 0) is 0 Å². The largest absolute Gasteiger partial charge is 0.0884 e. The number of rotatable bonds is 0. The molecule has 0 heteroatoms.